The molecule has 0 aromatic heterocycles. The van der Waals surface area contributed by atoms with Crippen LogP contribution in [0.15, 0.2) is 12.1 Å². The second-order valence-electron chi connectivity index (χ2n) is 2.99. The first kappa shape index (κ1) is 11.3. The number of methoxy groups -OCH3 is 1. The quantitative estimate of drug-likeness (QED) is 0.401. The van der Waals surface area contributed by atoms with Crippen molar-refractivity contribution in [1.82, 2.24) is 5.43 Å². The summed E-state index contributed by atoms with van der Waals surface area (Å²) < 4.78 is 5.07. The summed E-state index contributed by atoms with van der Waals surface area (Å²) in [5.41, 5.74) is 10.0. The third kappa shape index (κ3) is 2.16. The van der Waals surface area contributed by atoms with Crippen LogP contribution in [0.3, 0.4) is 0 Å². The second kappa shape index (κ2) is 4.61. The van der Waals surface area contributed by atoms with Crippen molar-refractivity contribution in [1.29, 1.82) is 0 Å². The molecule has 0 amide bonds. The Balaban J connectivity index is 3.14. The van der Waals surface area contributed by atoms with E-state index in [9.17, 15) is 0 Å². The largest absolute Gasteiger partial charge is 0.495 e. The van der Waals surface area contributed by atoms with Crippen LogP contribution in [0.2, 0.25) is 5.02 Å². The summed E-state index contributed by atoms with van der Waals surface area (Å²) in [6.45, 7) is 1.92. The molecule has 5 heteroatoms. The summed E-state index contributed by atoms with van der Waals surface area (Å²) in [4.78, 5) is 0. The number of benzene rings is 1. The summed E-state index contributed by atoms with van der Waals surface area (Å²) in [5, 5.41) is 0.527. The van der Waals surface area contributed by atoms with E-state index >= 15 is 0 Å². The van der Waals surface area contributed by atoms with E-state index in [1.165, 1.54) is 0 Å². The summed E-state index contributed by atoms with van der Waals surface area (Å²) in [6, 6.07) is 3.58. The molecule has 5 N–H and O–H groups in total. The van der Waals surface area contributed by atoms with Crippen molar-refractivity contribution in [3.8, 4) is 5.75 Å². The third-order valence-corrected chi connectivity index (χ3v) is 2.35. The lowest BCUT2D eigenvalue weighted by Crippen LogP contribution is -2.34. The molecule has 14 heavy (non-hydrogen) atoms. The molecule has 1 atom stereocenters. The van der Waals surface area contributed by atoms with Gasteiger partial charge < -0.3 is 10.5 Å². The Labute approximate surface area is 88.1 Å². The molecule has 0 aliphatic rings. The van der Waals surface area contributed by atoms with Gasteiger partial charge in [-0.2, -0.15) is 0 Å². The smallest absolute Gasteiger partial charge is 0.137 e. The van der Waals surface area contributed by atoms with E-state index in [1.807, 2.05) is 13.0 Å². The summed E-state index contributed by atoms with van der Waals surface area (Å²) in [6.07, 6.45) is -0.418. The van der Waals surface area contributed by atoms with Crippen molar-refractivity contribution < 1.29 is 4.74 Å². The van der Waals surface area contributed by atoms with Crippen LogP contribution in [0, 0.1) is 6.92 Å². The monoisotopic (exact) mass is 215 g/mol. The SMILES string of the molecule is COc1cc(C)c(C(N)NN)cc1Cl. The standard InChI is InChI=1S/C9H14ClN3O/c1-5-3-8(14-2)7(10)4-6(5)9(11)13-12/h3-4,9,13H,11-12H2,1-2H3. The molecule has 0 heterocycles. The molecule has 0 bridgehead atoms. The van der Waals surface area contributed by atoms with Gasteiger partial charge in [0.25, 0.3) is 0 Å². The molecule has 78 valence electrons. The number of hydrogen-bond acceptors (Lipinski definition) is 4. The van der Waals surface area contributed by atoms with Gasteiger partial charge >= 0.3 is 0 Å². The minimum Gasteiger partial charge on any atom is -0.495 e. The minimum absolute atomic E-state index is 0.418. The number of nitrogens with two attached hydrogens (primary N) is 2. The van der Waals surface area contributed by atoms with Gasteiger partial charge in [-0.15, -0.1) is 0 Å². The minimum atomic E-state index is -0.418. The van der Waals surface area contributed by atoms with Gasteiger partial charge in [0, 0.05) is 0 Å². The highest BCUT2D eigenvalue weighted by Crippen LogP contribution is 2.29. The lowest BCUT2D eigenvalue weighted by molar-refractivity contribution is 0.414. The molecular formula is C9H14ClN3O. The molecule has 0 saturated carbocycles. The van der Waals surface area contributed by atoms with E-state index in [-0.39, 0.29) is 0 Å². The van der Waals surface area contributed by atoms with Crippen molar-refractivity contribution in [2.75, 3.05) is 7.11 Å². The average Bonchev–Trinajstić information content (AvgIpc) is 2.19. The molecule has 1 aromatic carbocycles. The van der Waals surface area contributed by atoms with E-state index in [0.29, 0.717) is 10.8 Å². The van der Waals surface area contributed by atoms with Crippen molar-refractivity contribution in [3.05, 3.63) is 28.3 Å². The maximum atomic E-state index is 5.95. The molecule has 0 aliphatic carbocycles. The van der Waals surface area contributed by atoms with Gasteiger partial charge in [0.15, 0.2) is 0 Å². The van der Waals surface area contributed by atoms with Gasteiger partial charge in [0.05, 0.1) is 18.3 Å². The number of ether oxygens (including phenoxy) is 1. The Hall–Kier alpha value is -0.810. The van der Waals surface area contributed by atoms with E-state index in [2.05, 4.69) is 5.43 Å². The van der Waals surface area contributed by atoms with Crippen molar-refractivity contribution in [3.63, 3.8) is 0 Å². The first-order valence-corrected chi connectivity index (χ1v) is 4.53. The number of hydrogen-bond donors (Lipinski definition) is 3. The number of aryl methyl sites for hydroxylation is 1. The molecule has 0 fully saturated rings. The van der Waals surface area contributed by atoms with Crippen LogP contribution < -0.4 is 21.7 Å². The fourth-order valence-electron chi connectivity index (χ4n) is 1.25. The van der Waals surface area contributed by atoms with Crippen LogP contribution in [0.4, 0.5) is 0 Å². The lowest BCUT2D eigenvalue weighted by Gasteiger charge is -2.15. The first-order chi connectivity index (χ1) is 6.60. The maximum absolute atomic E-state index is 5.95. The van der Waals surface area contributed by atoms with Crippen molar-refractivity contribution in [2.24, 2.45) is 11.6 Å². The highest BCUT2D eigenvalue weighted by molar-refractivity contribution is 6.32. The van der Waals surface area contributed by atoms with Crippen LogP contribution >= 0.6 is 11.6 Å². The molecule has 0 spiro atoms. The van der Waals surface area contributed by atoms with E-state index < -0.39 is 6.17 Å². The summed E-state index contributed by atoms with van der Waals surface area (Å²) in [7, 11) is 1.57. The van der Waals surface area contributed by atoms with Gasteiger partial charge in [-0.25, -0.2) is 5.43 Å². The van der Waals surface area contributed by atoms with E-state index in [1.54, 1.807) is 13.2 Å². The number of halogens is 1. The van der Waals surface area contributed by atoms with Crippen LogP contribution in [-0.4, -0.2) is 7.11 Å². The number of nitrogens with one attached hydrogen (secondary N) is 1. The van der Waals surface area contributed by atoms with Crippen LogP contribution in [0.25, 0.3) is 0 Å². The van der Waals surface area contributed by atoms with Gasteiger partial charge in [-0.05, 0) is 30.2 Å². The maximum Gasteiger partial charge on any atom is 0.137 e. The average molecular weight is 216 g/mol. The zero-order valence-corrected chi connectivity index (χ0v) is 8.93. The normalized spacial score (nSPS) is 12.6. The summed E-state index contributed by atoms with van der Waals surface area (Å²) >= 11 is 5.95. The van der Waals surface area contributed by atoms with E-state index in [4.69, 9.17) is 27.9 Å². The van der Waals surface area contributed by atoms with Crippen molar-refractivity contribution >= 4 is 11.6 Å². The van der Waals surface area contributed by atoms with Crippen LogP contribution in [-0.2, 0) is 0 Å². The molecule has 0 aliphatic heterocycles. The Bertz CT molecular complexity index is 330. The molecule has 1 unspecified atom stereocenters. The summed E-state index contributed by atoms with van der Waals surface area (Å²) in [5.74, 6) is 5.88. The molecule has 4 nitrogen and oxygen atoms in total. The van der Waals surface area contributed by atoms with Crippen LogP contribution in [0.5, 0.6) is 5.75 Å². The predicted octanol–water partition coefficient (Wildman–Crippen LogP) is 1.08. The molecular weight excluding hydrogens is 202 g/mol. The fraction of sp³-hybridized carbons (Fsp3) is 0.333. The van der Waals surface area contributed by atoms with Gasteiger partial charge in [-0.3, -0.25) is 5.84 Å². The highest BCUT2D eigenvalue weighted by atomic mass is 35.5. The number of rotatable bonds is 3. The predicted molar refractivity (Wildman–Crippen MR) is 57.0 cm³/mol. The fourth-order valence-corrected chi connectivity index (χ4v) is 1.50. The van der Waals surface area contributed by atoms with Gasteiger partial charge in [0.1, 0.15) is 5.75 Å². The molecule has 0 saturated heterocycles. The lowest BCUT2D eigenvalue weighted by atomic mass is 10.1. The van der Waals surface area contributed by atoms with Crippen molar-refractivity contribution in [2.45, 2.75) is 13.1 Å². The third-order valence-electron chi connectivity index (χ3n) is 2.06. The topological polar surface area (TPSA) is 73.3 Å². The van der Waals surface area contributed by atoms with E-state index in [0.717, 1.165) is 11.1 Å². The second-order valence-corrected chi connectivity index (χ2v) is 3.39. The van der Waals surface area contributed by atoms with Crippen LogP contribution in [0.1, 0.15) is 17.3 Å². The van der Waals surface area contributed by atoms with Gasteiger partial charge in [0.2, 0.25) is 0 Å². The molecule has 0 radical (unpaired) electrons. The Kier molecular flexibility index (Phi) is 3.71. The Morgan fingerprint density at radius 3 is 2.64 bits per heavy atom. The zero-order chi connectivity index (χ0) is 10.7. The molecule has 1 rings (SSSR count). The van der Waals surface area contributed by atoms with Gasteiger partial charge in [-0.1, -0.05) is 11.6 Å². The molecule has 1 aromatic rings. The Morgan fingerprint density at radius 2 is 2.14 bits per heavy atom. The first-order valence-electron chi connectivity index (χ1n) is 4.16. The highest BCUT2D eigenvalue weighted by Gasteiger charge is 2.10. The number of hydrazine groups is 1. The Morgan fingerprint density at radius 1 is 1.50 bits per heavy atom. The zero-order valence-electron chi connectivity index (χ0n) is 8.17.